The van der Waals surface area contributed by atoms with Gasteiger partial charge in [0.05, 0.1) is 0 Å². The SMILES string of the molecule is CNCCc1sc2nccc(=O)n2c1Cl. The highest BCUT2D eigenvalue weighted by atomic mass is 35.5. The first-order valence-electron chi connectivity index (χ1n) is 4.53. The Bertz CT molecular complexity index is 534. The Morgan fingerprint density at radius 1 is 1.67 bits per heavy atom. The van der Waals surface area contributed by atoms with Crippen molar-refractivity contribution in [2.24, 2.45) is 0 Å². The number of thiazole rings is 1. The summed E-state index contributed by atoms with van der Waals surface area (Å²) < 4.78 is 1.44. The molecule has 0 fully saturated rings. The summed E-state index contributed by atoms with van der Waals surface area (Å²) in [6, 6.07) is 1.41. The van der Waals surface area contributed by atoms with Crippen molar-refractivity contribution in [1.82, 2.24) is 14.7 Å². The summed E-state index contributed by atoms with van der Waals surface area (Å²) in [6.07, 6.45) is 2.31. The lowest BCUT2D eigenvalue weighted by Crippen LogP contribution is -2.12. The van der Waals surface area contributed by atoms with Gasteiger partial charge in [-0.25, -0.2) is 9.38 Å². The number of rotatable bonds is 3. The molecule has 0 aromatic carbocycles. The van der Waals surface area contributed by atoms with Gasteiger partial charge in [0.15, 0.2) is 4.96 Å². The first-order valence-corrected chi connectivity index (χ1v) is 5.73. The summed E-state index contributed by atoms with van der Waals surface area (Å²) in [4.78, 5) is 17.3. The fraction of sp³-hybridized carbons (Fsp3) is 0.333. The predicted molar refractivity (Wildman–Crippen MR) is 62.0 cm³/mol. The molecule has 2 heterocycles. The molecule has 0 atom stereocenters. The van der Waals surface area contributed by atoms with Crippen LogP contribution in [-0.2, 0) is 6.42 Å². The highest BCUT2D eigenvalue weighted by Gasteiger charge is 2.11. The van der Waals surface area contributed by atoms with E-state index in [1.165, 1.54) is 28.0 Å². The number of nitrogens with one attached hydrogen (secondary N) is 1. The molecule has 0 bridgehead atoms. The van der Waals surface area contributed by atoms with Crippen molar-refractivity contribution < 1.29 is 0 Å². The van der Waals surface area contributed by atoms with E-state index in [0.717, 1.165) is 17.8 Å². The predicted octanol–water partition coefficient (Wildman–Crippen LogP) is 1.17. The molecule has 0 saturated carbocycles. The van der Waals surface area contributed by atoms with E-state index in [0.29, 0.717) is 10.1 Å². The molecular formula is C9H10ClN3OS. The summed E-state index contributed by atoms with van der Waals surface area (Å²) in [6.45, 7) is 0.835. The van der Waals surface area contributed by atoms with Crippen LogP contribution in [-0.4, -0.2) is 23.0 Å². The van der Waals surface area contributed by atoms with Crippen molar-refractivity contribution in [1.29, 1.82) is 0 Å². The van der Waals surface area contributed by atoms with E-state index in [4.69, 9.17) is 11.6 Å². The van der Waals surface area contributed by atoms with E-state index in [2.05, 4.69) is 10.3 Å². The number of aromatic nitrogens is 2. The first kappa shape index (κ1) is 10.6. The van der Waals surface area contributed by atoms with Gasteiger partial charge in [-0.05, 0) is 20.0 Å². The minimum absolute atomic E-state index is 0.128. The highest BCUT2D eigenvalue weighted by molar-refractivity contribution is 7.17. The molecule has 6 heteroatoms. The van der Waals surface area contributed by atoms with E-state index in [1.807, 2.05) is 7.05 Å². The first-order chi connectivity index (χ1) is 7.24. The standard InChI is InChI=1S/C9H10ClN3OS/c1-11-4-2-6-8(10)13-7(14)3-5-12-9(13)15-6/h3,5,11H,2,4H2,1H3. The molecule has 0 spiro atoms. The van der Waals surface area contributed by atoms with Gasteiger partial charge >= 0.3 is 0 Å². The molecule has 0 aliphatic rings. The Morgan fingerprint density at radius 3 is 3.13 bits per heavy atom. The average molecular weight is 244 g/mol. The number of nitrogens with zero attached hydrogens (tertiary/aromatic N) is 2. The van der Waals surface area contributed by atoms with Crippen LogP contribution >= 0.6 is 22.9 Å². The van der Waals surface area contributed by atoms with Gasteiger partial charge in [0.25, 0.3) is 5.56 Å². The fourth-order valence-electron chi connectivity index (χ4n) is 1.31. The lowest BCUT2D eigenvalue weighted by atomic mass is 10.4. The van der Waals surface area contributed by atoms with E-state index in [-0.39, 0.29) is 5.56 Å². The minimum atomic E-state index is -0.128. The fourth-order valence-corrected chi connectivity index (χ4v) is 2.72. The smallest absolute Gasteiger partial charge is 0.259 e. The number of halogens is 1. The molecule has 15 heavy (non-hydrogen) atoms. The summed E-state index contributed by atoms with van der Waals surface area (Å²) in [5, 5.41) is 3.53. The van der Waals surface area contributed by atoms with Crippen LogP contribution < -0.4 is 10.9 Å². The minimum Gasteiger partial charge on any atom is -0.319 e. The second-order valence-electron chi connectivity index (χ2n) is 3.07. The van der Waals surface area contributed by atoms with E-state index >= 15 is 0 Å². The molecule has 1 N–H and O–H groups in total. The van der Waals surface area contributed by atoms with E-state index in [1.54, 1.807) is 0 Å². The van der Waals surface area contributed by atoms with Crippen LogP contribution in [0.2, 0.25) is 5.15 Å². The zero-order valence-corrected chi connectivity index (χ0v) is 9.73. The van der Waals surface area contributed by atoms with Crippen LogP contribution in [0.4, 0.5) is 0 Å². The maximum Gasteiger partial charge on any atom is 0.259 e. The Balaban J connectivity index is 2.55. The number of fused-ring (bicyclic) bond motifs is 1. The van der Waals surface area contributed by atoms with Gasteiger partial charge in [0.2, 0.25) is 0 Å². The molecule has 0 aliphatic carbocycles. The van der Waals surface area contributed by atoms with Crippen LogP contribution in [0.1, 0.15) is 4.88 Å². The third kappa shape index (κ3) is 1.90. The number of hydrogen-bond acceptors (Lipinski definition) is 4. The van der Waals surface area contributed by atoms with Gasteiger partial charge in [-0.15, -0.1) is 0 Å². The van der Waals surface area contributed by atoms with Gasteiger partial charge < -0.3 is 5.32 Å². The quantitative estimate of drug-likeness (QED) is 0.881. The van der Waals surface area contributed by atoms with Crippen LogP contribution in [0.5, 0.6) is 0 Å². The van der Waals surface area contributed by atoms with Crippen molar-refractivity contribution in [3.8, 4) is 0 Å². The molecule has 0 aliphatic heterocycles. The zero-order chi connectivity index (χ0) is 10.8. The van der Waals surface area contributed by atoms with Gasteiger partial charge in [0.1, 0.15) is 5.15 Å². The molecule has 0 radical (unpaired) electrons. The molecular weight excluding hydrogens is 234 g/mol. The lowest BCUT2D eigenvalue weighted by molar-refractivity contribution is 0.797. The van der Waals surface area contributed by atoms with Crippen molar-refractivity contribution in [3.63, 3.8) is 0 Å². The third-order valence-corrected chi connectivity index (χ3v) is 3.68. The summed E-state index contributed by atoms with van der Waals surface area (Å²) >= 11 is 7.56. The van der Waals surface area contributed by atoms with Crippen LogP contribution in [0.3, 0.4) is 0 Å². The van der Waals surface area contributed by atoms with Crippen LogP contribution in [0.25, 0.3) is 4.96 Å². The summed E-state index contributed by atoms with van der Waals surface area (Å²) in [5.74, 6) is 0. The van der Waals surface area contributed by atoms with Gasteiger partial charge in [-0.2, -0.15) is 0 Å². The van der Waals surface area contributed by atoms with E-state index in [9.17, 15) is 4.79 Å². The summed E-state index contributed by atoms with van der Waals surface area (Å²) in [5.41, 5.74) is -0.128. The second kappa shape index (κ2) is 4.30. The maximum atomic E-state index is 11.5. The Hall–Kier alpha value is -0.910. The van der Waals surface area contributed by atoms with Gasteiger partial charge in [0, 0.05) is 17.1 Å². The van der Waals surface area contributed by atoms with Crippen LogP contribution in [0.15, 0.2) is 17.1 Å². The maximum absolute atomic E-state index is 11.5. The van der Waals surface area contributed by atoms with Crippen molar-refractivity contribution in [3.05, 3.63) is 32.6 Å². The van der Waals surface area contributed by atoms with Crippen molar-refractivity contribution >= 4 is 27.9 Å². The number of likely N-dealkylation sites (N-methyl/N-ethyl adjacent to an activating group) is 1. The third-order valence-electron chi connectivity index (χ3n) is 2.06. The van der Waals surface area contributed by atoms with Crippen molar-refractivity contribution in [2.75, 3.05) is 13.6 Å². The van der Waals surface area contributed by atoms with Crippen molar-refractivity contribution in [2.45, 2.75) is 6.42 Å². The molecule has 0 amide bonds. The number of hydrogen-bond donors (Lipinski definition) is 1. The second-order valence-corrected chi connectivity index (χ2v) is 4.49. The zero-order valence-electron chi connectivity index (χ0n) is 8.16. The summed E-state index contributed by atoms with van der Waals surface area (Å²) in [7, 11) is 1.88. The Kier molecular flexibility index (Phi) is 3.04. The molecule has 0 unspecified atom stereocenters. The topological polar surface area (TPSA) is 46.4 Å². The average Bonchev–Trinajstić information content (AvgIpc) is 2.54. The van der Waals surface area contributed by atoms with Crippen LogP contribution in [0, 0.1) is 0 Å². The molecule has 80 valence electrons. The molecule has 0 saturated heterocycles. The van der Waals surface area contributed by atoms with Gasteiger partial charge in [-0.1, -0.05) is 22.9 Å². The van der Waals surface area contributed by atoms with Gasteiger partial charge in [-0.3, -0.25) is 4.79 Å². The molecule has 4 nitrogen and oxygen atoms in total. The molecule has 2 rings (SSSR count). The highest BCUT2D eigenvalue weighted by Crippen LogP contribution is 2.24. The Morgan fingerprint density at radius 2 is 2.47 bits per heavy atom. The van der Waals surface area contributed by atoms with E-state index < -0.39 is 0 Å². The lowest BCUT2D eigenvalue weighted by Gasteiger charge is -1.96. The Labute approximate surface area is 95.5 Å². The monoisotopic (exact) mass is 243 g/mol. The molecule has 2 aromatic heterocycles. The normalized spacial score (nSPS) is 11.1. The molecule has 2 aromatic rings. The largest absolute Gasteiger partial charge is 0.319 e.